The number of benzene rings is 4. The third-order valence-electron chi connectivity index (χ3n) is 8.75. The highest BCUT2D eigenvalue weighted by molar-refractivity contribution is 5.97. The van der Waals surface area contributed by atoms with Crippen LogP contribution in [0.15, 0.2) is 109 Å². The van der Waals surface area contributed by atoms with E-state index >= 15 is 0 Å². The first-order valence-electron chi connectivity index (χ1n) is 15.5. The Balaban J connectivity index is 1.39. The van der Waals surface area contributed by atoms with Gasteiger partial charge in [-0.3, -0.25) is 0 Å². The van der Waals surface area contributed by atoms with Crippen LogP contribution in [0.2, 0.25) is 0 Å². The molecule has 0 fully saturated rings. The lowest BCUT2D eigenvalue weighted by Crippen LogP contribution is -2.14. The van der Waals surface area contributed by atoms with E-state index in [4.69, 9.17) is 14.2 Å². The lowest BCUT2D eigenvalue weighted by atomic mass is 10.0. The molecular formula is C39H33N3O6. The molecule has 7 rings (SSSR count). The van der Waals surface area contributed by atoms with Crippen molar-refractivity contribution in [3.63, 3.8) is 0 Å². The summed E-state index contributed by atoms with van der Waals surface area (Å²) in [6, 6.07) is 35.3. The van der Waals surface area contributed by atoms with Gasteiger partial charge in [-0.05, 0) is 53.1 Å². The Labute approximate surface area is 276 Å². The standard InChI is InChI=1S/C39H33N3O6/c1-46-37(43)34-19-28-10-4-7-13-31(28)40(34)22-25-16-26(23-41-32-14-8-5-11-29(32)20-35(41)38(44)47-2)18-27(17-25)24-42-33-15-9-6-12-30(33)21-36(42)39(45)48-3/h4-21H,22-24H2,1-3H3. The Hall–Kier alpha value is -6.09. The molecule has 0 aliphatic heterocycles. The van der Waals surface area contributed by atoms with Gasteiger partial charge in [0.25, 0.3) is 0 Å². The molecule has 0 amide bonds. The minimum atomic E-state index is -0.425. The summed E-state index contributed by atoms with van der Waals surface area (Å²) >= 11 is 0. The molecule has 3 aromatic heterocycles. The average Bonchev–Trinajstić information content (AvgIpc) is 3.79. The first kappa shape index (κ1) is 30.6. The number of para-hydroxylation sites is 3. The molecule has 0 radical (unpaired) electrons. The highest BCUT2D eigenvalue weighted by atomic mass is 16.5. The molecule has 0 aliphatic carbocycles. The third kappa shape index (κ3) is 5.49. The van der Waals surface area contributed by atoms with Crippen molar-refractivity contribution in [2.45, 2.75) is 19.6 Å². The number of ether oxygens (including phenoxy) is 3. The number of rotatable bonds is 9. The molecule has 0 N–H and O–H groups in total. The highest BCUT2D eigenvalue weighted by Gasteiger charge is 2.21. The smallest absolute Gasteiger partial charge is 0.354 e. The normalized spacial score (nSPS) is 11.3. The molecule has 9 heteroatoms. The quantitative estimate of drug-likeness (QED) is 0.124. The van der Waals surface area contributed by atoms with E-state index in [1.165, 1.54) is 21.3 Å². The number of hydrogen-bond acceptors (Lipinski definition) is 6. The zero-order valence-corrected chi connectivity index (χ0v) is 26.8. The summed E-state index contributed by atoms with van der Waals surface area (Å²) in [5, 5.41) is 2.78. The van der Waals surface area contributed by atoms with Crippen molar-refractivity contribution < 1.29 is 28.6 Å². The maximum absolute atomic E-state index is 12.9. The van der Waals surface area contributed by atoms with E-state index in [1.807, 2.05) is 105 Å². The van der Waals surface area contributed by atoms with E-state index in [0.717, 1.165) is 49.4 Å². The summed E-state index contributed by atoms with van der Waals surface area (Å²) < 4.78 is 21.3. The first-order chi connectivity index (χ1) is 23.4. The number of aromatic nitrogens is 3. The average molecular weight is 640 g/mol. The van der Waals surface area contributed by atoms with Crippen LogP contribution < -0.4 is 0 Å². The van der Waals surface area contributed by atoms with E-state index in [-0.39, 0.29) is 0 Å². The first-order valence-corrected chi connectivity index (χ1v) is 15.5. The van der Waals surface area contributed by atoms with Crippen molar-refractivity contribution in [2.24, 2.45) is 0 Å². The van der Waals surface area contributed by atoms with Gasteiger partial charge in [0.15, 0.2) is 0 Å². The van der Waals surface area contributed by atoms with Crippen LogP contribution in [-0.2, 0) is 33.8 Å². The van der Waals surface area contributed by atoms with Gasteiger partial charge in [-0.15, -0.1) is 0 Å². The number of hydrogen-bond donors (Lipinski definition) is 0. The molecule has 0 saturated heterocycles. The van der Waals surface area contributed by atoms with Gasteiger partial charge in [-0.25, -0.2) is 14.4 Å². The Bertz CT molecular complexity index is 2080. The minimum absolute atomic E-state index is 0.380. The van der Waals surface area contributed by atoms with E-state index in [1.54, 1.807) is 0 Å². The number of carbonyl (C=O) groups is 3. The van der Waals surface area contributed by atoms with Gasteiger partial charge in [0.1, 0.15) is 17.1 Å². The predicted octanol–water partition coefficient (Wildman–Crippen LogP) is 7.06. The van der Waals surface area contributed by atoms with Crippen molar-refractivity contribution in [1.82, 2.24) is 13.7 Å². The Morgan fingerprint density at radius 2 is 0.708 bits per heavy atom. The molecule has 3 heterocycles. The molecular weight excluding hydrogens is 606 g/mol. The van der Waals surface area contributed by atoms with Gasteiger partial charge in [0.05, 0.1) is 21.3 Å². The zero-order valence-electron chi connectivity index (χ0n) is 26.8. The summed E-state index contributed by atoms with van der Waals surface area (Å²) in [5.41, 5.74) is 6.83. The topological polar surface area (TPSA) is 93.7 Å². The zero-order chi connectivity index (χ0) is 33.4. The van der Waals surface area contributed by atoms with E-state index < -0.39 is 17.9 Å². The van der Waals surface area contributed by atoms with Crippen LogP contribution in [0.5, 0.6) is 0 Å². The number of methoxy groups -OCH3 is 3. The summed E-state index contributed by atoms with van der Waals surface area (Å²) in [7, 11) is 4.14. The SMILES string of the molecule is COC(=O)c1cc2ccccc2n1Cc1cc(Cn2c(C(=O)OC)cc3ccccc32)cc(Cn2c(C(=O)OC)cc3ccccc32)c1. The predicted molar refractivity (Wildman–Crippen MR) is 184 cm³/mol. The van der Waals surface area contributed by atoms with Crippen LogP contribution in [-0.4, -0.2) is 52.9 Å². The maximum Gasteiger partial charge on any atom is 0.354 e. The highest BCUT2D eigenvalue weighted by Crippen LogP contribution is 2.27. The molecule has 0 bridgehead atoms. The van der Waals surface area contributed by atoms with Gasteiger partial charge >= 0.3 is 17.9 Å². The van der Waals surface area contributed by atoms with Crippen LogP contribution in [0.4, 0.5) is 0 Å². The second kappa shape index (κ2) is 12.6. The van der Waals surface area contributed by atoms with Gasteiger partial charge in [0.2, 0.25) is 0 Å². The molecule has 7 aromatic rings. The summed E-state index contributed by atoms with van der Waals surface area (Å²) in [6.07, 6.45) is 0. The molecule has 240 valence electrons. The van der Waals surface area contributed by atoms with Crippen LogP contribution in [0.3, 0.4) is 0 Å². The van der Waals surface area contributed by atoms with Crippen LogP contribution in [0.25, 0.3) is 32.7 Å². The van der Waals surface area contributed by atoms with Crippen molar-refractivity contribution in [2.75, 3.05) is 21.3 Å². The van der Waals surface area contributed by atoms with Gasteiger partial charge < -0.3 is 27.9 Å². The number of nitrogens with zero attached hydrogens (tertiary/aromatic N) is 3. The second-order valence-corrected chi connectivity index (χ2v) is 11.7. The molecule has 9 nitrogen and oxygen atoms in total. The van der Waals surface area contributed by atoms with Crippen molar-refractivity contribution in [3.05, 3.63) is 143 Å². The maximum atomic E-state index is 12.9. The van der Waals surface area contributed by atoms with Crippen LogP contribution in [0, 0.1) is 0 Å². The van der Waals surface area contributed by atoms with Crippen LogP contribution >= 0.6 is 0 Å². The molecule has 0 aliphatic rings. The minimum Gasteiger partial charge on any atom is -0.464 e. The molecule has 0 spiro atoms. The fraction of sp³-hybridized carbons (Fsp3) is 0.154. The number of carbonyl (C=O) groups excluding carboxylic acids is 3. The summed E-state index contributed by atoms with van der Waals surface area (Å²) in [6.45, 7) is 1.14. The van der Waals surface area contributed by atoms with E-state index in [0.29, 0.717) is 36.7 Å². The lowest BCUT2D eigenvalue weighted by Gasteiger charge is -2.17. The van der Waals surface area contributed by atoms with E-state index in [9.17, 15) is 14.4 Å². The number of esters is 3. The molecule has 4 aromatic carbocycles. The van der Waals surface area contributed by atoms with Crippen molar-refractivity contribution in [1.29, 1.82) is 0 Å². The van der Waals surface area contributed by atoms with Gasteiger partial charge in [-0.2, -0.15) is 0 Å². The monoisotopic (exact) mass is 639 g/mol. The summed E-state index contributed by atoms with van der Waals surface area (Å²) in [5.74, 6) is -1.28. The Morgan fingerprint density at radius 3 is 0.979 bits per heavy atom. The molecule has 0 atom stereocenters. The summed E-state index contributed by atoms with van der Waals surface area (Å²) in [4.78, 5) is 38.8. The van der Waals surface area contributed by atoms with Crippen molar-refractivity contribution >= 4 is 50.6 Å². The fourth-order valence-electron chi connectivity index (χ4n) is 6.62. The Morgan fingerprint density at radius 1 is 0.438 bits per heavy atom. The third-order valence-corrected chi connectivity index (χ3v) is 8.75. The van der Waals surface area contributed by atoms with Crippen molar-refractivity contribution in [3.8, 4) is 0 Å². The Kier molecular flexibility index (Phi) is 8.02. The van der Waals surface area contributed by atoms with Crippen LogP contribution in [0.1, 0.15) is 48.2 Å². The molecule has 0 unspecified atom stereocenters. The second-order valence-electron chi connectivity index (χ2n) is 11.7. The fourth-order valence-corrected chi connectivity index (χ4v) is 6.62. The molecule has 0 saturated carbocycles. The molecule has 48 heavy (non-hydrogen) atoms. The largest absolute Gasteiger partial charge is 0.464 e. The van der Waals surface area contributed by atoms with Gasteiger partial charge in [-0.1, -0.05) is 72.8 Å². The lowest BCUT2D eigenvalue weighted by molar-refractivity contribution is 0.0581. The van der Waals surface area contributed by atoms with E-state index in [2.05, 4.69) is 18.2 Å². The number of fused-ring (bicyclic) bond motifs is 3. The van der Waals surface area contributed by atoms with Gasteiger partial charge in [0, 0.05) is 52.3 Å².